The molecule has 4 rings (SSSR count). The van der Waals surface area contributed by atoms with E-state index in [1.807, 2.05) is 38.4 Å². The number of primary amides is 1. The molecule has 0 saturated heterocycles. The Morgan fingerprint density at radius 3 is 2.76 bits per heavy atom. The number of quaternary nitrogens is 1. The van der Waals surface area contributed by atoms with Crippen LogP contribution in [-0.4, -0.2) is 66.4 Å². The van der Waals surface area contributed by atoms with E-state index in [4.69, 9.17) is 12.2 Å². The van der Waals surface area contributed by atoms with E-state index < -0.39 is 16.7 Å². The number of carbonyl (C=O) groups excluding carboxylic acids is 2. The van der Waals surface area contributed by atoms with Crippen LogP contribution in [0.3, 0.4) is 0 Å². The Kier molecular flexibility index (Phi) is 8.84. The molecule has 4 aromatic rings. The third kappa shape index (κ3) is 7.49. The van der Waals surface area contributed by atoms with Crippen molar-refractivity contribution in [3.63, 3.8) is 0 Å². The van der Waals surface area contributed by atoms with Gasteiger partial charge >= 0.3 is 5.82 Å². The van der Waals surface area contributed by atoms with Crippen molar-refractivity contribution in [2.45, 2.75) is 19.5 Å². The molecule has 0 bridgehead atoms. The molecule has 3 aromatic heterocycles. The SMILES string of the molecule is C#Cc1cccc(Nc2ncnc3cnc(NC(=O)C=CC[N+](C)(C)Cc4c([N+](=O)[O-])ncn4CCC(N)=O)cc23)c1. The zero-order valence-electron chi connectivity index (χ0n) is 23.0. The molecule has 0 aliphatic heterocycles. The number of aromatic nitrogens is 5. The first-order valence-corrected chi connectivity index (χ1v) is 12.8. The molecular formula is C28H29N10O4+. The average Bonchev–Trinajstić information content (AvgIpc) is 3.34. The topological polar surface area (TPSA) is 184 Å². The number of nitrogens with two attached hydrogens (primary N) is 1. The van der Waals surface area contributed by atoms with Crippen molar-refractivity contribution in [1.82, 2.24) is 24.5 Å². The molecule has 0 atom stereocenters. The number of aryl methyl sites for hydroxylation is 1. The summed E-state index contributed by atoms with van der Waals surface area (Å²) in [5, 5.41) is 18.1. The van der Waals surface area contributed by atoms with E-state index in [1.54, 1.807) is 16.7 Å². The number of benzene rings is 1. The van der Waals surface area contributed by atoms with Gasteiger partial charge in [-0.2, -0.15) is 0 Å². The Labute approximate surface area is 241 Å². The van der Waals surface area contributed by atoms with E-state index in [1.165, 1.54) is 24.9 Å². The van der Waals surface area contributed by atoms with Gasteiger partial charge in [0.25, 0.3) is 0 Å². The van der Waals surface area contributed by atoms with Crippen molar-refractivity contribution in [2.24, 2.45) is 5.73 Å². The first-order valence-electron chi connectivity index (χ1n) is 12.8. The fourth-order valence-corrected chi connectivity index (χ4v) is 4.17. The Bertz CT molecular complexity index is 1720. The highest BCUT2D eigenvalue weighted by Gasteiger charge is 2.28. The predicted molar refractivity (Wildman–Crippen MR) is 156 cm³/mol. The first kappa shape index (κ1) is 29.3. The van der Waals surface area contributed by atoms with Crippen LogP contribution >= 0.6 is 0 Å². The number of likely N-dealkylation sites (N-methyl/N-ethyl adjacent to an activating group) is 1. The van der Waals surface area contributed by atoms with Crippen molar-refractivity contribution >= 4 is 45.9 Å². The van der Waals surface area contributed by atoms with Gasteiger partial charge in [-0.15, -0.1) is 6.42 Å². The molecule has 0 fully saturated rings. The number of terminal acetylenes is 1. The standard InChI is InChI=1S/C28H28N10O4/c1-4-19-7-5-8-20(13-19)34-27-21-14-25(30-15-22(21)31-17-32-27)35-26(40)9-6-12-38(2,3)16-23-28(37(41)42)33-18-36(23)11-10-24(29)39/h1,5-9,13-15,17-18H,10-12,16H2,2-3H3,(H3-,29,30,31,32,34,35,39,40)/p+1. The van der Waals surface area contributed by atoms with Crippen LogP contribution in [0.4, 0.5) is 23.1 Å². The summed E-state index contributed by atoms with van der Waals surface area (Å²) in [5.74, 6) is 2.20. The fraction of sp³-hybridized carbons (Fsp3) is 0.214. The number of nitrogens with one attached hydrogen (secondary N) is 2. The second kappa shape index (κ2) is 12.7. The average molecular weight is 570 g/mol. The highest BCUT2D eigenvalue weighted by Crippen LogP contribution is 2.25. The molecule has 0 saturated carbocycles. The maximum absolute atomic E-state index is 12.7. The minimum atomic E-state index is -0.559. The lowest BCUT2D eigenvalue weighted by molar-refractivity contribution is -0.898. The maximum Gasteiger partial charge on any atom is 0.390 e. The number of fused-ring (bicyclic) bond motifs is 1. The number of carbonyl (C=O) groups is 2. The fourth-order valence-electron chi connectivity index (χ4n) is 4.17. The molecule has 2 amide bonds. The van der Waals surface area contributed by atoms with Crippen molar-refractivity contribution in [3.8, 4) is 12.3 Å². The van der Waals surface area contributed by atoms with Crippen molar-refractivity contribution in [2.75, 3.05) is 31.3 Å². The number of rotatable bonds is 12. The molecular weight excluding hydrogens is 540 g/mol. The number of pyridine rings is 1. The Morgan fingerprint density at radius 1 is 1.21 bits per heavy atom. The van der Waals surface area contributed by atoms with E-state index in [9.17, 15) is 19.7 Å². The molecule has 0 aliphatic carbocycles. The number of hydrogen-bond acceptors (Lipinski definition) is 9. The lowest BCUT2D eigenvalue weighted by atomic mass is 10.2. The van der Waals surface area contributed by atoms with Crippen LogP contribution in [0.25, 0.3) is 10.9 Å². The Morgan fingerprint density at radius 2 is 2.02 bits per heavy atom. The molecule has 4 N–H and O–H groups in total. The van der Waals surface area contributed by atoms with Gasteiger partial charge in [-0.05, 0) is 40.2 Å². The second-order valence-corrected chi connectivity index (χ2v) is 10.0. The summed E-state index contributed by atoms with van der Waals surface area (Å²) in [6.45, 7) is 0.782. The molecule has 3 heterocycles. The van der Waals surface area contributed by atoms with Crippen LogP contribution < -0.4 is 16.4 Å². The maximum atomic E-state index is 12.7. The number of anilines is 3. The quantitative estimate of drug-likeness (QED) is 0.0758. The molecule has 0 aliphatic rings. The molecule has 0 radical (unpaired) electrons. The number of amides is 2. The summed E-state index contributed by atoms with van der Waals surface area (Å²) < 4.78 is 1.83. The molecule has 42 heavy (non-hydrogen) atoms. The van der Waals surface area contributed by atoms with Gasteiger partial charge in [-0.25, -0.2) is 15.0 Å². The summed E-state index contributed by atoms with van der Waals surface area (Å²) in [6.07, 6.45) is 12.8. The number of imidazole rings is 1. The third-order valence-corrected chi connectivity index (χ3v) is 6.21. The Balaban J connectivity index is 1.43. The van der Waals surface area contributed by atoms with E-state index in [0.717, 1.165) is 5.69 Å². The van der Waals surface area contributed by atoms with Crippen molar-refractivity contribution < 1.29 is 19.0 Å². The van der Waals surface area contributed by atoms with Gasteiger partial charge < -0.3 is 35.5 Å². The lowest BCUT2D eigenvalue weighted by Gasteiger charge is -2.28. The zero-order chi connectivity index (χ0) is 30.3. The molecule has 14 heteroatoms. The van der Waals surface area contributed by atoms with Crippen LogP contribution in [0.1, 0.15) is 17.7 Å². The van der Waals surface area contributed by atoms with E-state index in [0.29, 0.717) is 40.3 Å². The van der Waals surface area contributed by atoms with Crippen molar-refractivity contribution in [3.05, 3.63) is 82.7 Å². The third-order valence-electron chi connectivity index (χ3n) is 6.21. The van der Waals surface area contributed by atoms with Gasteiger partial charge in [0, 0.05) is 35.7 Å². The number of hydrogen-bond donors (Lipinski definition) is 3. The van der Waals surface area contributed by atoms with Gasteiger partial charge in [0.1, 0.15) is 24.5 Å². The van der Waals surface area contributed by atoms with Gasteiger partial charge in [-0.3, -0.25) is 9.59 Å². The van der Waals surface area contributed by atoms with Gasteiger partial charge in [-0.1, -0.05) is 12.0 Å². The Hall–Kier alpha value is -5.68. The molecule has 0 spiro atoms. The van der Waals surface area contributed by atoms with E-state index in [-0.39, 0.29) is 29.8 Å². The minimum absolute atomic E-state index is 0.0272. The molecule has 14 nitrogen and oxygen atoms in total. The molecule has 214 valence electrons. The van der Waals surface area contributed by atoms with Gasteiger partial charge in [0.2, 0.25) is 18.1 Å². The van der Waals surface area contributed by atoms with Crippen LogP contribution in [-0.2, 0) is 22.7 Å². The lowest BCUT2D eigenvalue weighted by Crippen LogP contribution is -2.39. The van der Waals surface area contributed by atoms with Crippen LogP contribution in [0.2, 0.25) is 0 Å². The van der Waals surface area contributed by atoms with Gasteiger partial charge in [0.15, 0.2) is 5.69 Å². The predicted octanol–water partition coefficient (Wildman–Crippen LogP) is 2.50. The summed E-state index contributed by atoms with van der Waals surface area (Å²) in [7, 11) is 3.71. The molecule has 1 aromatic carbocycles. The molecule has 0 unspecified atom stereocenters. The summed E-state index contributed by atoms with van der Waals surface area (Å²) in [4.78, 5) is 51.6. The van der Waals surface area contributed by atoms with Crippen LogP contribution in [0.15, 0.2) is 61.3 Å². The highest BCUT2D eigenvalue weighted by atomic mass is 16.6. The second-order valence-electron chi connectivity index (χ2n) is 10.0. The van der Waals surface area contributed by atoms with Crippen molar-refractivity contribution in [1.29, 1.82) is 0 Å². The van der Waals surface area contributed by atoms with Crippen LogP contribution in [0, 0.1) is 22.5 Å². The summed E-state index contributed by atoms with van der Waals surface area (Å²) in [6, 6.07) is 8.99. The van der Waals surface area contributed by atoms with Gasteiger partial charge in [0.05, 0.1) is 32.4 Å². The normalized spacial score (nSPS) is 11.4. The minimum Gasteiger partial charge on any atom is -0.370 e. The van der Waals surface area contributed by atoms with E-state index in [2.05, 4.69) is 36.5 Å². The monoisotopic (exact) mass is 569 g/mol. The smallest absolute Gasteiger partial charge is 0.370 e. The number of nitrogens with zero attached hydrogens (tertiary/aromatic N) is 7. The number of nitro groups is 1. The first-order chi connectivity index (χ1) is 20.0. The summed E-state index contributed by atoms with van der Waals surface area (Å²) >= 11 is 0. The zero-order valence-corrected chi connectivity index (χ0v) is 23.0. The summed E-state index contributed by atoms with van der Waals surface area (Å²) in [5.41, 5.74) is 7.64. The van der Waals surface area contributed by atoms with E-state index >= 15 is 0 Å². The van der Waals surface area contributed by atoms with Crippen LogP contribution in [0.5, 0.6) is 0 Å². The highest BCUT2D eigenvalue weighted by molar-refractivity contribution is 6.00. The largest absolute Gasteiger partial charge is 0.390 e.